The van der Waals surface area contributed by atoms with Crippen LogP contribution in [0.25, 0.3) is 0 Å². The van der Waals surface area contributed by atoms with Crippen LogP contribution in [0, 0.1) is 10.1 Å². The summed E-state index contributed by atoms with van der Waals surface area (Å²) in [7, 11) is 2.04. The third-order valence-corrected chi connectivity index (χ3v) is 4.45. The lowest BCUT2D eigenvalue weighted by Gasteiger charge is -2.37. The van der Waals surface area contributed by atoms with Gasteiger partial charge in [-0.2, -0.15) is 0 Å². The first-order valence-electron chi connectivity index (χ1n) is 8.09. The molecular weight excluding hydrogens is 306 g/mol. The summed E-state index contributed by atoms with van der Waals surface area (Å²) in [6.07, 6.45) is 5.76. The van der Waals surface area contributed by atoms with Gasteiger partial charge < -0.3 is 4.90 Å². The molecule has 0 saturated carbocycles. The van der Waals surface area contributed by atoms with Crippen LogP contribution in [0.5, 0.6) is 0 Å². The van der Waals surface area contributed by atoms with Gasteiger partial charge in [0.2, 0.25) is 5.95 Å². The van der Waals surface area contributed by atoms with Crippen molar-refractivity contribution in [2.24, 2.45) is 0 Å². The zero-order valence-electron chi connectivity index (χ0n) is 13.7. The Morgan fingerprint density at radius 2 is 2.00 bits per heavy atom. The second-order valence-corrected chi connectivity index (χ2v) is 6.11. The van der Waals surface area contributed by atoms with Gasteiger partial charge in [0.1, 0.15) is 0 Å². The van der Waals surface area contributed by atoms with Crippen LogP contribution in [0.2, 0.25) is 0 Å². The Morgan fingerprint density at radius 1 is 1.29 bits per heavy atom. The average Bonchev–Trinajstić information content (AvgIpc) is 2.62. The van der Waals surface area contributed by atoms with Crippen molar-refractivity contribution < 1.29 is 4.92 Å². The van der Waals surface area contributed by atoms with Crippen LogP contribution < -0.4 is 4.90 Å². The molecule has 0 aliphatic carbocycles. The third kappa shape index (κ3) is 3.86. The fourth-order valence-corrected chi connectivity index (χ4v) is 3.11. The van der Waals surface area contributed by atoms with Crippen LogP contribution in [0.4, 0.5) is 11.6 Å². The van der Waals surface area contributed by atoms with Gasteiger partial charge in [-0.3, -0.25) is 15.0 Å². The number of hydrogen-bond donors (Lipinski definition) is 0. The highest BCUT2D eigenvalue weighted by Gasteiger charge is 2.24. The predicted octanol–water partition coefficient (Wildman–Crippen LogP) is 2.49. The molecule has 1 aromatic carbocycles. The monoisotopic (exact) mass is 327 g/mol. The number of nitro benzene ring substituents is 1. The fourth-order valence-electron chi connectivity index (χ4n) is 3.11. The molecule has 1 unspecified atom stereocenters. The molecular formula is C17H21N5O2. The molecule has 7 nitrogen and oxygen atoms in total. The summed E-state index contributed by atoms with van der Waals surface area (Å²) in [5, 5.41) is 10.7. The van der Waals surface area contributed by atoms with Crippen molar-refractivity contribution in [2.45, 2.75) is 25.4 Å². The number of nitro groups is 1. The quantitative estimate of drug-likeness (QED) is 0.620. The van der Waals surface area contributed by atoms with E-state index in [4.69, 9.17) is 0 Å². The van der Waals surface area contributed by atoms with Crippen LogP contribution in [0.3, 0.4) is 0 Å². The number of piperidine rings is 1. The summed E-state index contributed by atoms with van der Waals surface area (Å²) in [6.45, 7) is 2.78. The molecule has 126 valence electrons. The van der Waals surface area contributed by atoms with Gasteiger partial charge in [0.15, 0.2) is 0 Å². The van der Waals surface area contributed by atoms with Gasteiger partial charge in [-0.1, -0.05) is 12.1 Å². The average molecular weight is 327 g/mol. The van der Waals surface area contributed by atoms with Gasteiger partial charge in [-0.05, 0) is 31.0 Å². The molecule has 0 spiro atoms. The Hall–Kier alpha value is -2.54. The third-order valence-electron chi connectivity index (χ3n) is 4.45. The molecule has 0 amide bonds. The number of aromatic nitrogens is 2. The second kappa shape index (κ2) is 7.35. The van der Waals surface area contributed by atoms with E-state index in [0.717, 1.165) is 44.0 Å². The minimum Gasteiger partial charge on any atom is -0.340 e. The van der Waals surface area contributed by atoms with Gasteiger partial charge in [0.05, 0.1) is 4.92 Å². The van der Waals surface area contributed by atoms with Crippen molar-refractivity contribution in [2.75, 3.05) is 25.0 Å². The highest BCUT2D eigenvalue weighted by atomic mass is 16.6. The van der Waals surface area contributed by atoms with E-state index in [1.807, 2.05) is 25.2 Å². The van der Waals surface area contributed by atoms with E-state index in [2.05, 4.69) is 19.8 Å². The highest BCUT2D eigenvalue weighted by molar-refractivity contribution is 5.33. The Bertz CT molecular complexity index is 677. The largest absolute Gasteiger partial charge is 0.340 e. The van der Waals surface area contributed by atoms with Crippen molar-refractivity contribution >= 4 is 11.6 Å². The molecule has 2 aromatic rings. The van der Waals surface area contributed by atoms with Gasteiger partial charge in [-0.15, -0.1) is 0 Å². The first-order chi connectivity index (χ1) is 11.6. The summed E-state index contributed by atoms with van der Waals surface area (Å²) in [5.41, 5.74) is 1.23. The Kier molecular flexibility index (Phi) is 5.00. The molecule has 1 saturated heterocycles. The number of nitrogens with zero attached hydrogens (tertiary/aromatic N) is 5. The summed E-state index contributed by atoms with van der Waals surface area (Å²) >= 11 is 0. The fraction of sp³-hybridized carbons (Fsp3) is 0.412. The molecule has 1 fully saturated rings. The molecule has 1 aromatic heterocycles. The number of non-ortho nitro benzene ring substituents is 1. The summed E-state index contributed by atoms with van der Waals surface area (Å²) in [4.78, 5) is 23.5. The van der Waals surface area contributed by atoms with Crippen molar-refractivity contribution in [3.05, 3.63) is 58.4 Å². The maximum Gasteiger partial charge on any atom is 0.269 e. The minimum absolute atomic E-state index is 0.135. The van der Waals surface area contributed by atoms with Gasteiger partial charge in [-0.25, -0.2) is 9.97 Å². The number of rotatable bonds is 5. The van der Waals surface area contributed by atoms with Gasteiger partial charge in [0, 0.05) is 50.7 Å². The van der Waals surface area contributed by atoms with Crippen molar-refractivity contribution in [3.8, 4) is 0 Å². The molecule has 7 heteroatoms. The molecule has 0 bridgehead atoms. The lowest BCUT2D eigenvalue weighted by atomic mass is 10.0. The SMILES string of the molecule is CN(c1ncccn1)C1CCCN(Cc2ccc([N+](=O)[O-])cc2)C1. The Balaban J connectivity index is 1.62. The Morgan fingerprint density at radius 3 is 2.67 bits per heavy atom. The lowest BCUT2D eigenvalue weighted by Crippen LogP contribution is -2.46. The maximum atomic E-state index is 10.7. The second-order valence-electron chi connectivity index (χ2n) is 6.11. The van der Waals surface area contributed by atoms with E-state index >= 15 is 0 Å². The van der Waals surface area contributed by atoms with E-state index in [0.29, 0.717) is 6.04 Å². The lowest BCUT2D eigenvalue weighted by molar-refractivity contribution is -0.384. The number of benzene rings is 1. The first kappa shape index (κ1) is 16.3. The summed E-state index contributed by atoms with van der Waals surface area (Å²) in [6, 6.07) is 9.01. The van der Waals surface area contributed by atoms with E-state index in [9.17, 15) is 10.1 Å². The maximum absolute atomic E-state index is 10.7. The summed E-state index contributed by atoms with van der Waals surface area (Å²) in [5.74, 6) is 0.750. The molecule has 0 radical (unpaired) electrons. The molecule has 24 heavy (non-hydrogen) atoms. The van der Waals surface area contributed by atoms with Crippen LogP contribution in [-0.2, 0) is 6.54 Å². The van der Waals surface area contributed by atoms with E-state index in [1.54, 1.807) is 24.5 Å². The van der Waals surface area contributed by atoms with Crippen LogP contribution in [0.1, 0.15) is 18.4 Å². The van der Waals surface area contributed by atoms with E-state index in [-0.39, 0.29) is 10.6 Å². The zero-order valence-corrected chi connectivity index (χ0v) is 13.7. The van der Waals surface area contributed by atoms with E-state index in [1.165, 1.54) is 0 Å². The van der Waals surface area contributed by atoms with Crippen molar-refractivity contribution in [1.29, 1.82) is 0 Å². The zero-order chi connectivity index (χ0) is 16.9. The van der Waals surface area contributed by atoms with Gasteiger partial charge >= 0.3 is 0 Å². The highest BCUT2D eigenvalue weighted by Crippen LogP contribution is 2.20. The molecule has 1 aliphatic rings. The normalized spacial score (nSPS) is 18.3. The van der Waals surface area contributed by atoms with Crippen molar-refractivity contribution in [1.82, 2.24) is 14.9 Å². The molecule has 2 heterocycles. The van der Waals surface area contributed by atoms with Crippen LogP contribution in [-0.4, -0.2) is 46.0 Å². The summed E-state index contributed by atoms with van der Waals surface area (Å²) < 4.78 is 0. The molecule has 1 aliphatic heterocycles. The number of likely N-dealkylation sites (tertiary alicyclic amines) is 1. The Labute approximate surface area is 141 Å². The smallest absolute Gasteiger partial charge is 0.269 e. The molecule has 1 atom stereocenters. The predicted molar refractivity (Wildman–Crippen MR) is 91.8 cm³/mol. The molecule has 0 N–H and O–H groups in total. The number of hydrogen-bond acceptors (Lipinski definition) is 6. The van der Waals surface area contributed by atoms with Gasteiger partial charge in [0.25, 0.3) is 5.69 Å². The molecule has 3 rings (SSSR count). The minimum atomic E-state index is -0.366. The number of likely N-dealkylation sites (N-methyl/N-ethyl adjacent to an activating group) is 1. The van der Waals surface area contributed by atoms with Crippen molar-refractivity contribution in [3.63, 3.8) is 0 Å². The standard InChI is InChI=1S/C17H21N5O2/c1-20(17-18-9-3-10-19-17)16-4-2-11-21(13-16)12-14-5-7-15(8-6-14)22(23)24/h3,5-10,16H,2,4,11-13H2,1H3. The first-order valence-corrected chi connectivity index (χ1v) is 8.09. The van der Waals surface area contributed by atoms with E-state index < -0.39 is 0 Å². The van der Waals surface area contributed by atoms with Crippen LogP contribution in [0.15, 0.2) is 42.7 Å². The number of anilines is 1. The van der Waals surface area contributed by atoms with Crippen LogP contribution >= 0.6 is 0 Å². The topological polar surface area (TPSA) is 75.4 Å².